The molecule has 1 amide bonds. The number of hydrogen-bond acceptors (Lipinski definition) is 4. The standard InChI is InChI=1S/C16H17NO3S/c18-16(4-3-13-2-1-10-19-13)17-8-5-14(6-9-17)20-15-7-11-21-12-15/h1-4,7,10-12,14H,5-6,8-9H2/b4-3+. The highest BCUT2D eigenvalue weighted by atomic mass is 32.1. The monoisotopic (exact) mass is 303 g/mol. The van der Waals surface area contributed by atoms with E-state index in [2.05, 4.69) is 0 Å². The summed E-state index contributed by atoms with van der Waals surface area (Å²) in [6, 6.07) is 5.61. The molecule has 0 unspecified atom stereocenters. The van der Waals surface area contributed by atoms with E-state index in [4.69, 9.17) is 9.15 Å². The molecule has 3 heterocycles. The van der Waals surface area contributed by atoms with Crippen LogP contribution in [0.4, 0.5) is 0 Å². The van der Waals surface area contributed by atoms with E-state index in [0.717, 1.165) is 31.7 Å². The van der Waals surface area contributed by atoms with Crippen LogP contribution in [0.3, 0.4) is 0 Å². The topological polar surface area (TPSA) is 42.7 Å². The molecule has 1 aliphatic rings. The smallest absolute Gasteiger partial charge is 0.246 e. The highest BCUT2D eigenvalue weighted by Crippen LogP contribution is 2.21. The Labute approximate surface area is 127 Å². The van der Waals surface area contributed by atoms with Gasteiger partial charge in [-0.2, -0.15) is 0 Å². The van der Waals surface area contributed by atoms with Gasteiger partial charge in [0.25, 0.3) is 0 Å². The molecule has 1 saturated heterocycles. The fourth-order valence-electron chi connectivity index (χ4n) is 2.35. The maximum absolute atomic E-state index is 12.1. The number of amides is 1. The molecule has 2 aromatic heterocycles. The third-order valence-corrected chi connectivity index (χ3v) is 4.15. The number of furan rings is 1. The van der Waals surface area contributed by atoms with Crippen LogP contribution in [0.25, 0.3) is 6.08 Å². The van der Waals surface area contributed by atoms with Gasteiger partial charge in [-0.05, 0) is 29.7 Å². The molecule has 0 aliphatic carbocycles. The number of ether oxygens (including phenoxy) is 1. The molecule has 0 bridgehead atoms. The fraction of sp³-hybridized carbons (Fsp3) is 0.312. The first-order chi connectivity index (χ1) is 10.3. The molecule has 3 rings (SSSR count). The molecular formula is C16H17NO3S. The molecule has 0 aromatic carbocycles. The highest BCUT2D eigenvalue weighted by molar-refractivity contribution is 7.08. The first kappa shape index (κ1) is 13.9. The molecule has 0 spiro atoms. The van der Waals surface area contributed by atoms with Gasteiger partial charge in [0.05, 0.1) is 6.26 Å². The lowest BCUT2D eigenvalue weighted by atomic mass is 10.1. The van der Waals surface area contributed by atoms with E-state index in [1.807, 2.05) is 27.8 Å². The van der Waals surface area contributed by atoms with Crippen molar-refractivity contribution in [3.05, 3.63) is 47.1 Å². The summed E-state index contributed by atoms with van der Waals surface area (Å²) in [5.74, 6) is 1.65. The van der Waals surface area contributed by atoms with Crippen LogP contribution >= 0.6 is 11.3 Å². The first-order valence-corrected chi connectivity index (χ1v) is 7.95. The van der Waals surface area contributed by atoms with E-state index < -0.39 is 0 Å². The van der Waals surface area contributed by atoms with Gasteiger partial charge in [-0.15, -0.1) is 11.3 Å². The largest absolute Gasteiger partial charge is 0.489 e. The van der Waals surface area contributed by atoms with Gasteiger partial charge in [-0.1, -0.05) is 0 Å². The zero-order chi connectivity index (χ0) is 14.5. The molecule has 5 heteroatoms. The Balaban J connectivity index is 1.47. The molecular weight excluding hydrogens is 286 g/mol. The first-order valence-electron chi connectivity index (χ1n) is 7.00. The van der Waals surface area contributed by atoms with Crippen LogP contribution in [-0.2, 0) is 4.79 Å². The van der Waals surface area contributed by atoms with Gasteiger partial charge in [-0.3, -0.25) is 4.79 Å². The second-order valence-corrected chi connectivity index (χ2v) is 5.73. The summed E-state index contributed by atoms with van der Waals surface area (Å²) in [5, 5.41) is 4.01. The van der Waals surface area contributed by atoms with Crippen molar-refractivity contribution in [1.29, 1.82) is 0 Å². The molecule has 0 atom stereocenters. The van der Waals surface area contributed by atoms with Gasteiger partial charge < -0.3 is 14.1 Å². The maximum atomic E-state index is 12.1. The zero-order valence-electron chi connectivity index (χ0n) is 11.6. The highest BCUT2D eigenvalue weighted by Gasteiger charge is 2.22. The minimum absolute atomic E-state index is 0.0281. The van der Waals surface area contributed by atoms with Crippen molar-refractivity contribution in [2.75, 3.05) is 13.1 Å². The van der Waals surface area contributed by atoms with E-state index in [1.54, 1.807) is 35.8 Å². The Hall–Kier alpha value is -2.01. The Morgan fingerprint density at radius 1 is 1.38 bits per heavy atom. The van der Waals surface area contributed by atoms with Gasteiger partial charge in [-0.25, -0.2) is 0 Å². The van der Waals surface area contributed by atoms with Crippen molar-refractivity contribution < 1.29 is 13.9 Å². The maximum Gasteiger partial charge on any atom is 0.246 e. The SMILES string of the molecule is O=C(/C=C/c1ccco1)N1CCC(Oc2ccsc2)CC1. The number of thiophene rings is 1. The van der Waals surface area contributed by atoms with Crippen molar-refractivity contribution >= 4 is 23.3 Å². The van der Waals surface area contributed by atoms with Crippen molar-refractivity contribution in [2.45, 2.75) is 18.9 Å². The summed E-state index contributed by atoms with van der Waals surface area (Å²) >= 11 is 1.63. The Kier molecular flexibility index (Phi) is 4.40. The van der Waals surface area contributed by atoms with E-state index >= 15 is 0 Å². The normalized spacial score (nSPS) is 16.5. The van der Waals surface area contributed by atoms with Crippen molar-refractivity contribution in [3.63, 3.8) is 0 Å². The van der Waals surface area contributed by atoms with E-state index in [1.165, 1.54) is 0 Å². The van der Waals surface area contributed by atoms with Crippen molar-refractivity contribution in [1.82, 2.24) is 4.90 Å². The minimum atomic E-state index is 0.0281. The predicted molar refractivity (Wildman–Crippen MR) is 82.3 cm³/mol. The van der Waals surface area contributed by atoms with E-state index in [-0.39, 0.29) is 12.0 Å². The average molecular weight is 303 g/mol. The second kappa shape index (κ2) is 6.63. The van der Waals surface area contributed by atoms with Gasteiger partial charge in [0.15, 0.2) is 0 Å². The summed E-state index contributed by atoms with van der Waals surface area (Å²) in [7, 11) is 0. The number of rotatable bonds is 4. The number of carbonyl (C=O) groups is 1. The van der Waals surface area contributed by atoms with Crippen molar-refractivity contribution in [3.8, 4) is 5.75 Å². The third kappa shape index (κ3) is 3.76. The summed E-state index contributed by atoms with van der Waals surface area (Å²) in [6.45, 7) is 1.46. The number of piperidine rings is 1. The summed E-state index contributed by atoms with van der Waals surface area (Å²) in [5.41, 5.74) is 0. The Morgan fingerprint density at radius 3 is 2.90 bits per heavy atom. The number of likely N-dealkylation sites (tertiary alicyclic amines) is 1. The van der Waals surface area contributed by atoms with Gasteiger partial charge >= 0.3 is 0 Å². The summed E-state index contributed by atoms with van der Waals surface area (Å²) in [4.78, 5) is 13.9. The Morgan fingerprint density at radius 2 is 2.24 bits per heavy atom. The van der Waals surface area contributed by atoms with Crippen LogP contribution in [0.5, 0.6) is 5.75 Å². The third-order valence-electron chi connectivity index (χ3n) is 3.48. The molecule has 21 heavy (non-hydrogen) atoms. The molecule has 0 radical (unpaired) electrons. The Bertz CT molecular complexity index is 581. The number of carbonyl (C=O) groups excluding carboxylic acids is 1. The lowest BCUT2D eigenvalue weighted by molar-refractivity contribution is -0.127. The average Bonchev–Trinajstić information content (AvgIpc) is 3.19. The number of hydrogen-bond donors (Lipinski definition) is 0. The van der Waals surface area contributed by atoms with Crippen LogP contribution in [0, 0.1) is 0 Å². The lowest BCUT2D eigenvalue weighted by Crippen LogP contribution is -2.41. The number of nitrogens with zero attached hydrogens (tertiary/aromatic N) is 1. The quantitative estimate of drug-likeness (QED) is 0.813. The van der Waals surface area contributed by atoms with E-state index in [9.17, 15) is 4.79 Å². The van der Waals surface area contributed by atoms with Crippen LogP contribution in [0.15, 0.2) is 45.7 Å². The van der Waals surface area contributed by atoms with Crippen molar-refractivity contribution in [2.24, 2.45) is 0 Å². The van der Waals surface area contributed by atoms with Crippen LogP contribution < -0.4 is 4.74 Å². The van der Waals surface area contributed by atoms with E-state index in [0.29, 0.717) is 5.76 Å². The molecule has 110 valence electrons. The molecule has 1 aliphatic heterocycles. The van der Waals surface area contributed by atoms with Gasteiger partial charge in [0, 0.05) is 37.4 Å². The molecule has 0 N–H and O–H groups in total. The zero-order valence-corrected chi connectivity index (χ0v) is 12.4. The summed E-state index contributed by atoms with van der Waals surface area (Å²) in [6.07, 6.45) is 6.82. The van der Waals surface area contributed by atoms with Crippen LogP contribution in [0.1, 0.15) is 18.6 Å². The van der Waals surface area contributed by atoms with Gasteiger partial charge in [0.2, 0.25) is 5.91 Å². The molecule has 1 fully saturated rings. The fourth-order valence-corrected chi connectivity index (χ4v) is 2.91. The minimum Gasteiger partial charge on any atom is -0.489 e. The van der Waals surface area contributed by atoms with Crippen LogP contribution in [0.2, 0.25) is 0 Å². The molecule has 4 nitrogen and oxygen atoms in total. The lowest BCUT2D eigenvalue weighted by Gasteiger charge is -2.31. The molecule has 2 aromatic rings. The van der Waals surface area contributed by atoms with Crippen LogP contribution in [-0.4, -0.2) is 30.0 Å². The summed E-state index contributed by atoms with van der Waals surface area (Å²) < 4.78 is 11.1. The predicted octanol–water partition coefficient (Wildman–Crippen LogP) is 3.42. The second-order valence-electron chi connectivity index (χ2n) is 4.95. The van der Waals surface area contributed by atoms with Gasteiger partial charge in [0.1, 0.15) is 17.6 Å². The molecule has 0 saturated carbocycles.